The lowest BCUT2D eigenvalue weighted by molar-refractivity contribution is 0.0928. The number of nitrogens with one attached hydrogen (secondary N) is 1. The van der Waals surface area contributed by atoms with Crippen molar-refractivity contribution in [2.45, 2.75) is 13.0 Å². The lowest BCUT2D eigenvalue weighted by Gasteiger charge is -2.29. The molecule has 3 rings (SSSR count). The van der Waals surface area contributed by atoms with Crippen molar-refractivity contribution in [1.29, 1.82) is 0 Å². The maximum absolute atomic E-state index is 12.6. The number of carbonyl (C=O) groups is 1. The van der Waals surface area contributed by atoms with Crippen LogP contribution >= 0.6 is 0 Å². The molecule has 0 fully saturated rings. The molecular weight excluding hydrogens is 372 g/mol. The Morgan fingerprint density at radius 3 is 2.56 bits per heavy atom. The van der Waals surface area contributed by atoms with Gasteiger partial charge in [-0.25, -0.2) is 8.42 Å². The fourth-order valence-electron chi connectivity index (χ4n) is 3.01. The van der Waals surface area contributed by atoms with E-state index >= 15 is 0 Å². The first kappa shape index (κ1) is 19.2. The average molecular weight is 394 g/mol. The van der Waals surface area contributed by atoms with Gasteiger partial charge >= 0.3 is 0 Å². The van der Waals surface area contributed by atoms with Crippen LogP contribution in [-0.2, 0) is 23.0 Å². The molecule has 1 N–H and O–H groups in total. The van der Waals surface area contributed by atoms with Crippen LogP contribution in [0.3, 0.4) is 0 Å². The van der Waals surface area contributed by atoms with Crippen molar-refractivity contribution in [2.75, 3.05) is 33.1 Å². The first-order valence-corrected chi connectivity index (χ1v) is 10.1. The van der Waals surface area contributed by atoms with Gasteiger partial charge in [-0.15, -0.1) is 0 Å². The van der Waals surface area contributed by atoms with Gasteiger partial charge in [0.25, 0.3) is 5.91 Å². The molecule has 0 spiro atoms. The Kier molecular flexibility index (Phi) is 5.71. The monoisotopic (exact) mass is 394 g/mol. The number of fused-ring (bicyclic) bond motifs is 1. The molecule has 2 aromatic rings. The molecule has 0 unspecified atom stereocenters. The van der Waals surface area contributed by atoms with Crippen molar-refractivity contribution >= 4 is 15.9 Å². The highest BCUT2D eigenvalue weighted by molar-refractivity contribution is 7.89. The summed E-state index contributed by atoms with van der Waals surface area (Å²) in [7, 11) is -0.395. The number of methoxy groups -OCH3 is 2. The third kappa shape index (κ3) is 4.25. The molecule has 0 aliphatic carbocycles. The molecule has 27 heavy (non-hydrogen) atoms. The third-order valence-corrected chi connectivity index (χ3v) is 6.29. The number of sulfonamides is 1. The van der Waals surface area contributed by atoms with Gasteiger partial charge in [0.15, 0.2) is 17.3 Å². The number of furan rings is 1. The van der Waals surface area contributed by atoms with E-state index in [9.17, 15) is 13.2 Å². The Labute approximate surface area is 158 Å². The zero-order chi connectivity index (χ0) is 19.4. The molecule has 8 nitrogen and oxygen atoms in total. The summed E-state index contributed by atoms with van der Waals surface area (Å²) in [6.45, 7) is 0.665. The smallest absolute Gasteiger partial charge is 0.287 e. The van der Waals surface area contributed by atoms with Crippen molar-refractivity contribution < 1.29 is 27.1 Å². The van der Waals surface area contributed by atoms with Gasteiger partial charge in [-0.3, -0.25) is 4.79 Å². The molecule has 0 radical (unpaired) electrons. The van der Waals surface area contributed by atoms with Gasteiger partial charge in [0.2, 0.25) is 10.0 Å². The van der Waals surface area contributed by atoms with Crippen molar-refractivity contribution in [1.82, 2.24) is 9.62 Å². The van der Waals surface area contributed by atoms with Crippen molar-refractivity contribution in [3.05, 3.63) is 47.4 Å². The van der Waals surface area contributed by atoms with Crippen LogP contribution in [0.5, 0.6) is 11.5 Å². The number of amides is 1. The molecule has 9 heteroatoms. The molecule has 2 heterocycles. The molecule has 1 aliphatic rings. The summed E-state index contributed by atoms with van der Waals surface area (Å²) in [6, 6.07) is 6.82. The minimum Gasteiger partial charge on any atom is -0.493 e. The second-order valence-corrected chi connectivity index (χ2v) is 8.20. The van der Waals surface area contributed by atoms with Crippen LogP contribution in [0.15, 0.2) is 34.9 Å². The van der Waals surface area contributed by atoms with E-state index in [1.165, 1.54) is 16.6 Å². The Bertz CT molecular complexity index is 908. The SMILES string of the molecule is COc1cc2c(cc1OC)CN(S(=O)(=O)CCNC(=O)c1ccco1)CC2. The number of hydrogen-bond acceptors (Lipinski definition) is 6. The highest BCUT2D eigenvalue weighted by Gasteiger charge is 2.28. The van der Waals surface area contributed by atoms with Crippen LogP contribution in [0.1, 0.15) is 21.7 Å². The molecule has 1 aromatic carbocycles. The topological polar surface area (TPSA) is 98.1 Å². The number of hydrogen-bond donors (Lipinski definition) is 1. The number of benzene rings is 1. The normalized spacial score (nSPS) is 14.4. The van der Waals surface area contributed by atoms with E-state index in [0.717, 1.165) is 11.1 Å². The standard InChI is InChI=1S/C18H22N2O6S/c1-24-16-10-13-5-7-20(12-14(13)11-17(16)25-2)27(22,23)9-6-19-18(21)15-4-3-8-26-15/h3-4,8,10-11H,5-7,9,12H2,1-2H3,(H,19,21). The molecule has 146 valence electrons. The van der Waals surface area contributed by atoms with Crippen LogP contribution < -0.4 is 14.8 Å². The van der Waals surface area contributed by atoms with E-state index < -0.39 is 15.9 Å². The van der Waals surface area contributed by atoms with Crippen molar-refractivity contribution in [3.63, 3.8) is 0 Å². The van der Waals surface area contributed by atoms with Gasteiger partial charge in [-0.05, 0) is 41.8 Å². The fourth-order valence-corrected chi connectivity index (χ4v) is 4.34. The predicted octanol–water partition coefficient (Wildman–Crippen LogP) is 1.41. The molecular formula is C18H22N2O6S. The van der Waals surface area contributed by atoms with E-state index in [-0.39, 0.29) is 24.6 Å². The molecule has 1 aliphatic heterocycles. The van der Waals surface area contributed by atoms with Crippen LogP contribution in [0.4, 0.5) is 0 Å². The van der Waals surface area contributed by atoms with Gasteiger partial charge in [0.05, 0.1) is 26.2 Å². The summed E-state index contributed by atoms with van der Waals surface area (Å²) in [4.78, 5) is 11.8. The lowest BCUT2D eigenvalue weighted by Crippen LogP contribution is -2.40. The van der Waals surface area contributed by atoms with E-state index in [1.54, 1.807) is 20.3 Å². The van der Waals surface area contributed by atoms with E-state index in [4.69, 9.17) is 13.9 Å². The molecule has 0 saturated heterocycles. The number of carbonyl (C=O) groups excluding carboxylic acids is 1. The van der Waals surface area contributed by atoms with E-state index in [2.05, 4.69) is 5.32 Å². The zero-order valence-electron chi connectivity index (χ0n) is 15.2. The first-order chi connectivity index (χ1) is 12.9. The molecule has 1 aromatic heterocycles. The van der Waals surface area contributed by atoms with Gasteiger partial charge in [0.1, 0.15) is 0 Å². The number of rotatable bonds is 7. The summed E-state index contributed by atoms with van der Waals surface area (Å²) in [6.07, 6.45) is 1.98. The highest BCUT2D eigenvalue weighted by atomic mass is 32.2. The van der Waals surface area contributed by atoms with Crippen LogP contribution in [0.2, 0.25) is 0 Å². The van der Waals surface area contributed by atoms with Crippen molar-refractivity contribution in [3.8, 4) is 11.5 Å². The Hall–Kier alpha value is -2.52. The quantitative estimate of drug-likeness (QED) is 0.763. The highest BCUT2D eigenvalue weighted by Crippen LogP contribution is 2.33. The van der Waals surface area contributed by atoms with E-state index in [1.807, 2.05) is 12.1 Å². The summed E-state index contributed by atoms with van der Waals surface area (Å²) in [5.41, 5.74) is 1.94. The first-order valence-electron chi connectivity index (χ1n) is 8.48. The third-order valence-electron chi connectivity index (χ3n) is 4.47. The van der Waals surface area contributed by atoms with Crippen LogP contribution in [0, 0.1) is 0 Å². The molecule has 1 amide bonds. The maximum atomic E-state index is 12.6. The zero-order valence-corrected chi connectivity index (χ0v) is 16.0. The average Bonchev–Trinajstić information content (AvgIpc) is 3.21. The van der Waals surface area contributed by atoms with Gasteiger partial charge < -0.3 is 19.2 Å². The number of ether oxygens (including phenoxy) is 2. The van der Waals surface area contributed by atoms with Crippen LogP contribution in [-0.4, -0.2) is 51.7 Å². The maximum Gasteiger partial charge on any atom is 0.287 e. The van der Waals surface area contributed by atoms with Crippen molar-refractivity contribution in [2.24, 2.45) is 0 Å². The van der Waals surface area contributed by atoms with Gasteiger partial charge in [0, 0.05) is 19.6 Å². The second kappa shape index (κ2) is 8.01. The fraction of sp³-hybridized carbons (Fsp3) is 0.389. The second-order valence-electron chi connectivity index (χ2n) is 6.11. The van der Waals surface area contributed by atoms with E-state index in [0.29, 0.717) is 24.5 Å². The minimum atomic E-state index is -3.51. The summed E-state index contributed by atoms with van der Waals surface area (Å²) < 4.78 is 42.3. The molecule has 0 bridgehead atoms. The van der Waals surface area contributed by atoms with Crippen LogP contribution in [0.25, 0.3) is 0 Å². The summed E-state index contributed by atoms with van der Waals surface area (Å²) in [5, 5.41) is 2.56. The number of nitrogens with zero attached hydrogens (tertiary/aromatic N) is 1. The lowest BCUT2D eigenvalue weighted by atomic mass is 10.0. The molecule has 0 atom stereocenters. The molecule has 0 saturated carbocycles. The summed E-state index contributed by atoms with van der Waals surface area (Å²) >= 11 is 0. The minimum absolute atomic E-state index is 0.0111. The predicted molar refractivity (Wildman–Crippen MR) is 98.5 cm³/mol. The van der Waals surface area contributed by atoms with Gasteiger partial charge in [-0.2, -0.15) is 4.31 Å². The Morgan fingerprint density at radius 1 is 1.22 bits per heavy atom. The summed E-state index contributed by atoms with van der Waals surface area (Å²) in [5.74, 6) is 0.744. The van der Waals surface area contributed by atoms with Gasteiger partial charge in [-0.1, -0.05) is 0 Å². The largest absolute Gasteiger partial charge is 0.493 e. The Balaban J connectivity index is 1.64. The Morgan fingerprint density at radius 2 is 1.93 bits per heavy atom.